The van der Waals surface area contributed by atoms with Gasteiger partial charge in [0.15, 0.2) is 0 Å². The lowest BCUT2D eigenvalue weighted by molar-refractivity contribution is -0.116. The Morgan fingerprint density at radius 3 is 2.52 bits per heavy atom. The molecule has 0 spiro atoms. The number of rotatable bonds is 7. The maximum atomic E-state index is 5.84. The van der Waals surface area contributed by atoms with E-state index in [1.807, 2.05) is 12.1 Å². The van der Waals surface area contributed by atoms with E-state index in [0.717, 1.165) is 18.8 Å². The van der Waals surface area contributed by atoms with Gasteiger partial charge in [-0.2, -0.15) is 0 Å². The van der Waals surface area contributed by atoms with Crippen LogP contribution >= 0.6 is 0 Å². The maximum Gasteiger partial charge on any atom is 0.119 e. The molecule has 0 aromatic heterocycles. The van der Waals surface area contributed by atoms with Gasteiger partial charge in [0.2, 0.25) is 0 Å². The summed E-state index contributed by atoms with van der Waals surface area (Å²) in [6, 6.07) is 9.05. The second-order valence-electron chi connectivity index (χ2n) is 6.75. The van der Waals surface area contributed by atoms with Crippen molar-refractivity contribution in [2.24, 2.45) is 5.41 Å². The predicted octanol–water partition coefficient (Wildman–Crippen LogP) is 3.56. The molecule has 3 nitrogen and oxygen atoms in total. The van der Waals surface area contributed by atoms with Gasteiger partial charge in [-0.3, -0.25) is 0 Å². The summed E-state index contributed by atoms with van der Waals surface area (Å²) in [4.78, 5) is 0. The molecule has 0 saturated heterocycles. The van der Waals surface area contributed by atoms with Crippen LogP contribution < -0.4 is 10.1 Å². The third-order valence-corrected chi connectivity index (χ3v) is 4.55. The molecule has 0 radical (unpaired) electrons. The van der Waals surface area contributed by atoms with E-state index >= 15 is 0 Å². The summed E-state index contributed by atoms with van der Waals surface area (Å²) in [5.41, 5.74) is 1.46. The van der Waals surface area contributed by atoms with Gasteiger partial charge >= 0.3 is 0 Å². The summed E-state index contributed by atoms with van der Waals surface area (Å²) in [5, 5.41) is 3.67. The van der Waals surface area contributed by atoms with Crippen molar-refractivity contribution in [2.45, 2.75) is 59.2 Å². The van der Waals surface area contributed by atoms with Gasteiger partial charge in [0, 0.05) is 24.1 Å². The molecule has 1 fully saturated rings. The molecule has 1 aliphatic rings. The molecule has 3 atom stereocenters. The summed E-state index contributed by atoms with van der Waals surface area (Å²) in [5.74, 6) is 0.939. The van der Waals surface area contributed by atoms with Crippen molar-refractivity contribution in [1.82, 2.24) is 5.32 Å². The van der Waals surface area contributed by atoms with Crippen molar-refractivity contribution in [1.29, 1.82) is 0 Å². The van der Waals surface area contributed by atoms with Crippen LogP contribution in [-0.4, -0.2) is 31.4 Å². The molecule has 0 amide bonds. The molecule has 118 valence electrons. The lowest BCUT2D eigenvalue weighted by Gasteiger charge is -2.52. The Morgan fingerprint density at radius 1 is 1.29 bits per heavy atom. The molecule has 1 saturated carbocycles. The van der Waals surface area contributed by atoms with Crippen LogP contribution in [0.5, 0.6) is 5.75 Å². The highest BCUT2D eigenvalue weighted by atomic mass is 16.5. The fraction of sp³-hybridized carbons (Fsp3) is 0.667. The second-order valence-corrected chi connectivity index (χ2v) is 6.75. The van der Waals surface area contributed by atoms with Crippen LogP contribution in [-0.2, 0) is 4.74 Å². The molecule has 0 aliphatic heterocycles. The predicted molar refractivity (Wildman–Crippen MR) is 86.9 cm³/mol. The van der Waals surface area contributed by atoms with Crippen LogP contribution in [0, 0.1) is 12.3 Å². The molecule has 2 rings (SSSR count). The van der Waals surface area contributed by atoms with Crippen molar-refractivity contribution >= 4 is 0 Å². The van der Waals surface area contributed by atoms with E-state index in [9.17, 15) is 0 Å². The Labute approximate surface area is 129 Å². The Bertz CT molecular complexity index is 441. The van der Waals surface area contributed by atoms with Crippen molar-refractivity contribution in [2.75, 3.05) is 13.2 Å². The van der Waals surface area contributed by atoms with Gasteiger partial charge in [-0.25, -0.2) is 0 Å². The highest BCUT2D eigenvalue weighted by Gasteiger charge is 2.48. The number of benzene rings is 1. The van der Waals surface area contributed by atoms with Gasteiger partial charge < -0.3 is 14.8 Å². The molecule has 0 bridgehead atoms. The normalized spacial score (nSPS) is 25.2. The van der Waals surface area contributed by atoms with Gasteiger partial charge in [0.25, 0.3) is 0 Å². The first-order chi connectivity index (χ1) is 9.93. The van der Waals surface area contributed by atoms with Crippen LogP contribution in [0.3, 0.4) is 0 Å². The minimum Gasteiger partial charge on any atom is -0.492 e. The molecule has 1 aromatic carbocycles. The first kappa shape index (κ1) is 16.3. The quantitative estimate of drug-likeness (QED) is 0.833. The zero-order chi connectivity index (χ0) is 15.5. The van der Waals surface area contributed by atoms with E-state index in [1.54, 1.807) is 0 Å². The maximum absolute atomic E-state index is 5.84. The van der Waals surface area contributed by atoms with E-state index in [-0.39, 0.29) is 5.41 Å². The highest BCUT2D eigenvalue weighted by molar-refractivity contribution is 5.26. The first-order valence-corrected chi connectivity index (χ1v) is 8.00. The Hall–Kier alpha value is -1.06. The average molecular weight is 291 g/mol. The van der Waals surface area contributed by atoms with Crippen molar-refractivity contribution < 1.29 is 9.47 Å². The van der Waals surface area contributed by atoms with E-state index < -0.39 is 0 Å². The highest BCUT2D eigenvalue weighted by Crippen LogP contribution is 2.42. The molecular formula is C18H29NO2. The Kier molecular flexibility index (Phi) is 5.28. The van der Waals surface area contributed by atoms with Gasteiger partial charge in [-0.05, 0) is 39.3 Å². The largest absolute Gasteiger partial charge is 0.492 e. The fourth-order valence-electron chi connectivity index (χ4n) is 2.90. The van der Waals surface area contributed by atoms with Crippen LogP contribution in [0.25, 0.3) is 0 Å². The molecule has 1 N–H and O–H groups in total. The van der Waals surface area contributed by atoms with Gasteiger partial charge in [-0.15, -0.1) is 0 Å². The number of ether oxygens (including phenoxy) is 2. The van der Waals surface area contributed by atoms with Crippen LogP contribution in [0.4, 0.5) is 0 Å². The summed E-state index contributed by atoms with van der Waals surface area (Å²) >= 11 is 0. The molecular weight excluding hydrogens is 262 g/mol. The number of nitrogens with one attached hydrogen (secondary N) is 1. The minimum atomic E-state index is 0.203. The third kappa shape index (κ3) is 3.98. The van der Waals surface area contributed by atoms with Crippen molar-refractivity contribution in [3.8, 4) is 5.75 Å². The van der Waals surface area contributed by atoms with Crippen LogP contribution in [0.1, 0.15) is 39.7 Å². The fourth-order valence-corrected chi connectivity index (χ4v) is 2.90. The van der Waals surface area contributed by atoms with Crippen molar-refractivity contribution in [3.05, 3.63) is 29.8 Å². The van der Waals surface area contributed by atoms with Crippen LogP contribution in [0.2, 0.25) is 0 Å². The average Bonchev–Trinajstić information content (AvgIpc) is 2.45. The van der Waals surface area contributed by atoms with Crippen LogP contribution in [0.15, 0.2) is 24.3 Å². The first-order valence-electron chi connectivity index (χ1n) is 8.00. The smallest absolute Gasteiger partial charge is 0.119 e. The van der Waals surface area contributed by atoms with Gasteiger partial charge in [0.05, 0.1) is 6.10 Å². The topological polar surface area (TPSA) is 30.5 Å². The Morgan fingerprint density at radius 2 is 1.95 bits per heavy atom. The second kappa shape index (κ2) is 6.80. The molecule has 3 heteroatoms. The van der Waals surface area contributed by atoms with Gasteiger partial charge in [0.1, 0.15) is 12.4 Å². The Balaban J connectivity index is 1.75. The van der Waals surface area contributed by atoms with Crippen molar-refractivity contribution in [3.63, 3.8) is 0 Å². The van der Waals surface area contributed by atoms with E-state index in [1.165, 1.54) is 5.56 Å². The third-order valence-electron chi connectivity index (χ3n) is 4.55. The number of hydrogen-bond acceptors (Lipinski definition) is 3. The SMILES string of the molecule is CCOC1CC(NC(C)COc2ccc(C)cc2)C1(C)C. The summed E-state index contributed by atoms with van der Waals surface area (Å²) in [6.07, 6.45) is 1.47. The zero-order valence-corrected chi connectivity index (χ0v) is 14.0. The molecule has 3 unspecified atom stereocenters. The molecule has 0 heterocycles. The van der Waals surface area contributed by atoms with E-state index in [2.05, 4.69) is 52.1 Å². The number of hydrogen-bond donors (Lipinski definition) is 1. The zero-order valence-electron chi connectivity index (χ0n) is 14.0. The van der Waals surface area contributed by atoms with Gasteiger partial charge in [-0.1, -0.05) is 31.5 Å². The van der Waals surface area contributed by atoms with E-state index in [4.69, 9.17) is 9.47 Å². The molecule has 1 aromatic rings. The minimum absolute atomic E-state index is 0.203. The monoisotopic (exact) mass is 291 g/mol. The lowest BCUT2D eigenvalue weighted by atomic mass is 9.64. The standard InChI is InChI=1S/C18H29NO2/c1-6-20-17-11-16(18(17,4)5)19-14(3)12-21-15-9-7-13(2)8-10-15/h7-10,14,16-17,19H,6,11-12H2,1-5H3. The lowest BCUT2D eigenvalue weighted by Crippen LogP contribution is -2.63. The summed E-state index contributed by atoms with van der Waals surface area (Å²) in [7, 11) is 0. The molecule has 21 heavy (non-hydrogen) atoms. The summed E-state index contributed by atoms with van der Waals surface area (Å²) in [6.45, 7) is 12.4. The number of aryl methyl sites for hydroxylation is 1. The van der Waals surface area contributed by atoms with E-state index in [0.29, 0.717) is 24.8 Å². The summed E-state index contributed by atoms with van der Waals surface area (Å²) < 4.78 is 11.6. The molecule has 1 aliphatic carbocycles.